The van der Waals surface area contributed by atoms with Crippen LogP contribution in [0.25, 0.3) is 0 Å². The van der Waals surface area contributed by atoms with E-state index in [-0.39, 0.29) is 0 Å². The molecule has 9 heteroatoms. The molecule has 0 spiro atoms. The van der Waals surface area contributed by atoms with Gasteiger partial charge in [-0.05, 0) is 38.1 Å². The summed E-state index contributed by atoms with van der Waals surface area (Å²) in [5, 5.41) is 12.1. The number of hydrogen-bond acceptors (Lipinski definition) is 7. The number of anilines is 1. The Bertz CT molecular complexity index is 464. The second-order valence-electron chi connectivity index (χ2n) is 2.59. The maximum atomic E-state index is 5.57. The van der Waals surface area contributed by atoms with E-state index in [2.05, 4.69) is 41.4 Å². The Balaban J connectivity index is 2.28. The van der Waals surface area contributed by atoms with Crippen molar-refractivity contribution in [3.05, 3.63) is 10.7 Å². The number of tetrazole rings is 1. The fourth-order valence-corrected chi connectivity index (χ4v) is 2.07. The molecule has 7 nitrogen and oxygen atoms in total. The molecule has 0 radical (unpaired) electrons. The van der Waals surface area contributed by atoms with Gasteiger partial charge in [0.15, 0.2) is 5.16 Å². The van der Waals surface area contributed by atoms with Crippen LogP contribution in [0.4, 0.5) is 5.82 Å². The third kappa shape index (κ3) is 2.42. The van der Waals surface area contributed by atoms with Crippen LogP contribution < -0.4 is 5.73 Å². The van der Waals surface area contributed by atoms with Crippen LogP contribution in [0.1, 0.15) is 0 Å². The Morgan fingerprint density at radius 3 is 2.87 bits per heavy atom. The van der Waals surface area contributed by atoms with Gasteiger partial charge in [0.2, 0.25) is 5.16 Å². The summed E-state index contributed by atoms with van der Waals surface area (Å²) >= 11 is 4.48. The molecule has 2 aromatic rings. The molecule has 0 saturated heterocycles. The predicted octanol–water partition coefficient (Wildman–Crippen LogP) is 0.496. The number of nitrogens with zero attached hydrogens (tertiary/aromatic N) is 6. The van der Waals surface area contributed by atoms with Crippen LogP contribution in [0.3, 0.4) is 0 Å². The summed E-state index contributed by atoms with van der Waals surface area (Å²) < 4.78 is 2.16. The molecule has 0 fully saturated rings. The van der Waals surface area contributed by atoms with Crippen LogP contribution in [-0.2, 0) is 7.05 Å². The number of halogens is 1. The van der Waals surface area contributed by atoms with Gasteiger partial charge in [-0.2, -0.15) is 0 Å². The van der Waals surface area contributed by atoms with Gasteiger partial charge in [-0.1, -0.05) is 0 Å². The second kappa shape index (κ2) is 4.11. The van der Waals surface area contributed by atoms with E-state index in [9.17, 15) is 0 Å². The smallest absolute Gasteiger partial charge is 0.216 e. The van der Waals surface area contributed by atoms with E-state index in [0.29, 0.717) is 20.7 Å². The van der Waals surface area contributed by atoms with Crippen molar-refractivity contribution in [1.82, 2.24) is 30.2 Å². The van der Waals surface area contributed by atoms with Gasteiger partial charge in [0.05, 0.1) is 0 Å². The lowest BCUT2D eigenvalue weighted by Crippen LogP contribution is -1.97. The molecule has 0 aliphatic rings. The van der Waals surface area contributed by atoms with Gasteiger partial charge in [-0.25, -0.2) is 14.6 Å². The van der Waals surface area contributed by atoms with Gasteiger partial charge in [-0.15, -0.1) is 5.10 Å². The van der Waals surface area contributed by atoms with Crippen molar-refractivity contribution in [2.24, 2.45) is 7.05 Å². The first kappa shape index (κ1) is 10.3. The number of aromatic nitrogens is 6. The van der Waals surface area contributed by atoms with Gasteiger partial charge in [0.1, 0.15) is 10.4 Å². The summed E-state index contributed by atoms with van der Waals surface area (Å²) in [4.78, 5) is 8.17. The summed E-state index contributed by atoms with van der Waals surface area (Å²) in [5.41, 5.74) is 5.57. The Hall–Kier alpha value is -1.22. The molecule has 0 atom stereocenters. The van der Waals surface area contributed by atoms with Crippen molar-refractivity contribution in [3.8, 4) is 0 Å². The molecule has 2 rings (SSSR count). The monoisotopic (exact) mass is 287 g/mol. The summed E-state index contributed by atoms with van der Waals surface area (Å²) in [6, 6.07) is 1.62. The minimum Gasteiger partial charge on any atom is -0.384 e. The highest BCUT2D eigenvalue weighted by Gasteiger charge is 2.08. The van der Waals surface area contributed by atoms with E-state index < -0.39 is 0 Å². The standard InChI is InChI=1S/C6H6BrN7S/c1-14-6(11-12-13-14)15-5-9-3(7)2-4(8)10-5/h2H,1H3,(H2,8,9,10). The minimum absolute atomic E-state index is 0.398. The van der Waals surface area contributed by atoms with Gasteiger partial charge in [0.25, 0.3) is 0 Å². The van der Waals surface area contributed by atoms with E-state index in [0.717, 1.165) is 0 Å². The zero-order valence-electron chi connectivity index (χ0n) is 7.62. The molecule has 0 aliphatic heterocycles. The summed E-state index contributed by atoms with van der Waals surface area (Å²) in [6.45, 7) is 0. The third-order valence-corrected chi connectivity index (χ3v) is 2.76. The normalized spacial score (nSPS) is 10.5. The first-order valence-corrected chi connectivity index (χ1v) is 5.46. The lowest BCUT2D eigenvalue weighted by molar-refractivity contribution is 0.663. The Morgan fingerprint density at radius 2 is 2.27 bits per heavy atom. The molecular weight excluding hydrogens is 282 g/mol. The molecule has 78 valence electrons. The number of nitrogens with two attached hydrogens (primary N) is 1. The molecule has 0 aliphatic carbocycles. The van der Waals surface area contributed by atoms with Crippen molar-refractivity contribution < 1.29 is 0 Å². The van der Waals surface area contributed by atoms with Gasteiger partial charge >= 0.3 is 0 Å². The zero-order valence-corrected chi connectivity index (χ0v) is 10.0. The van der Waals surface area contributed by atoms with E-state index in [1.54, 1.807) is 13.1 Å². The van der Waals surface area contributed by atoms with Crippen molar-refractivity contribution in [1.29, 1.82) is 0 Å². The minimum atomic E-state index is 0.398. The van der Waals surface area contributed by atoms with Crippen LogP contribution in [-0.4, -0.2) is 30.2 Å². The molecule has 0 bridgehead atoms. The third-order valence-electron chi connectivity index (χ3n) is 1.46. The lowest BCUT2D eigenvalue weighted by Gasteiger charge is -1.99. The Labute approximate surface area is 97.6 Å². The van der Waals surface area contributed by atoms with Crippen LogP contribution in [0.2, 0.25) is 0 Å². The molecule has 2 heterocycles. The van der Waals surface area contributed by atoms with Crippen molar-refractivity contribution in [3.63, 3.8) is 0 Å². The maximum absolute atomic E-state index is 5.57. The van der Waals surface area contributed by atoms with E-state index >= 15 is 0 Å². The first-order chi connectivity index (χ1) is 7.15. The second-order valence-corrected chi connectivity index (χ2v) is 4.33. The van der Waals surface area contributed by atoms with E-state index in [4.69, 9.17) is 5.73 Å². The Kier molecular flexibility index (Phi) is 2.82. The quantitative estimate of drug-likeness (QED) is 0.634. The lowest BCUT2D eigenvalue weighted by atomic mass is 10.6. The van der Waals surface area contributed by atoms with E-state index in [1.807, 2.05) is 0 Å². The van der Waals surface area contributed by atoms with Crippen LogP contribution in [0.5, 0.6) is 0 Å². The molecule has 2 aromatic heterocycles. The largest absolute Gasteiger partial charge is 0.384 e. The fourth-order valence-electron chi connectivity index (χ4n) is 0.848. The molecule has 2 N–H and O–H groups in total. The number of nitrogen functional groups attached to an aromatic ring is 1. The summed E-state index contributed by atoms with van der Waals surface area (Å²) in [7, 11) is 1.74. The maximum Gasteiger partial charge on any atom is 0.216 e. The zero-order chi connectivity index (χ0) is 10.8. The topological polar surface area (TPSA) is 95.4 Å². The number of hydrogen-bond donors (Lipinski definition) is 1. The van der Waals surface area contributed by atoms with Crippen LogP contribution >= 0.6 is 27.7 Å². The van der Waals surface area contributed by atoms with Gasteiger partial charge in [-0.3, -0.25) is 0 Å². The molecule has 0 saturated carbocycles. The fraction of sp³-hybridized carbons (Fsp3) is 0.167. The highest BCUT2D eigenvalue weighted by atomic mass is 79.9. The highest BCUT2D eigenvalue weighted by Crippen LogP contribution is 2.23. The molecule has 0 aromatic carbocycles. The first-order valence-electron chi connectivity index (χ1n) is 3.85. The Morgan fingerprint density at radius 1 is 1.47 bits per heavy atom. The van der Waals surface area contributed by atoms with Gasteiger partial charge < -0.3 is 5.73 Å². The molecule has 15 heavy (non-hydrogen) atoms. The van der Waals surface area contributed by atoms with Crippen molar-refractivity contribution in [2.45, 2.75) is 10.3 Å². The van der Waals surface area contributed by atoms with Crippen LogP contribution in [0.15, 0.2) is 21.0 Å². The molecular formula is C6H6BrN7S. The average Bonchev–Trinajstić information content (AvgIpc) is 2.50. The predicted molar refractivity (Wildman–Crippen MR) is 57.1 cm³/mol. The molecule has 0 unspecified atom stereocenters. The van der Waals surface area contributed by atoms with Gasteiger partial charge in [0, 0.05) is 13.1 Å². The highest BCUT2D eigenvalue weighted by molar-refractivity contribution is 9.10. The average molecular weight is 288 g/mol. The summed E-state index contributed by atoms with van der Waals surface area (Å²) in [6.07, 6.45) is 0. The number of rotatable bonds is 2. The molecule has 0 amide bonds. The van der Waals surface area contributed by atoms with E-state index in [1.165, 1.54) is 16.4 Å². The summed E-state index contributed by atoms with van der Waals surface area (Å²) in [5.74, 6) is 0.398. The SMILES string of the molecule is Cn1nnnc1Sc1nc(N)cc(Br)n1. The van der Waals surface area contributed by atoms with Crippen molar-refractivity contribution >= 4 is 33.5 Å². The number of aryl methyl sites for hydroxylation is 1. The van der Waals surface area contributed by atoms with Crippen molar-refractivity contribution in [2.75, 3.05) is 5.73 Å². The van der Waals surface area contributed by atoms with Crippen LogP contribution in [0, 0.1) is 0 Å².